The fraction of sp³-hybridized carbons (Fsp3) is 0.778. The van der Waals surface area contributed by atoms with E-state index < -0.39 is 0 Å². The van der Waals surface area contributed by atoms with Crippen molar-refractivity contribution in [1.82, 2.24) is 5.32 Å². The van der Waals surface area contributed by atoms with Crippen LogP contribution in [0.2, 0.25) is 0 Å². The highest BCUT2D eigenvalue weighted by Crippen LogP contribution is 2.07. The molecule has 0 bridgehead atoms. The Morgan fingerprint density at radius 3 is 2.64 bits per heavy atom. The SMILES string of the molecule is CC(C)/C=C/C1CCCN1.Cl. The summed E-state index contributed by atoms with van der Waals surface area (Å²) >= 11 is 0. The lowest BCUT2D eigenvalue weighted by atomic mass is 10.1. The fourth-order valence-electron chi connectivity index (χ4n) is 1.23. The van der Waals surface area contributed by atoms with Crippen molar-refractivity contribution in [2.45, 2.75) is 32.7 Å². The van der Waals surface area contributed by atoms with Crippen LogP contribution in [0, 0.1) is 5.92 Å². The zero-order chi connectivity index (χ0) is 7.40. The van der Waals surface area contributed by atoms with Gasteiger partial charge in [-0.1, -0.05) is 26.0 Å². The van der Waals surface area contributed by atoms with Crippen molar-refractivity contribution >= 4 is 12.4 Å². The minimum absolute atomic E-state index is 0. The molecule has 1 unspecified atom stereocenters. The zero-order valence-electron chi connectivity index (χ0n) is 7.34. The van der Waals surface area contributed by atoms with Gasteiger partial charge in [0.1, 0.15) is 0 Å². The van der Waals surface area contributed by atoms with Crippen molar-refractivity contribution in [1.29, 1.82) is 0 Å². The van der Waals surface area contributed by atoms with Gasteiger partial charge >= 0.3 is 0 Å². The second-order valence-electron chi connectivity index (χ2n) is 3.33. The maximum absolute atomic E-state index is 3.43. The number of allylic oxidation sites excluding steroid dienone is 1. The monoisotopic (exact) mass is 175 g/mol. The summed E-state index contributed by atoms with van der Waals surface area (Å²) in [5, 5.41) is 3.43. The topological polar surface area (TPSA) is 12.0 Å². The Kier molecular flexibility index (Phi) is 5.61. The Morgan fingerprint density at radius 2 is 2.18 bits per heavy atom. The van der Waals surface area contributed by atoms with Crippen LogP contribution in [-0.4, -0.2) is 12.6 Å². The Hall–Kier alpha value is -0.0100. The molecule has 1 fully saturated rings. The number of hydrogen-bond donors (Lipinski definition) is 1. The van der Waals surface area contributed by atoms with Crippen LogP contribution in [0.5, 0.6) is 0 Å². The molecule has 0 aromatic rings. The van der Waals surface area contributed by atoms with Crippen LogP contribution in [0.4, 0.5) is 0 Å². The maximum Gasteiger partial charge on any atom is 0.0250 e. The largest absolute Gasteiger partial charge is 0.311 e. The second kappa shape index (κ2) is 5.62. The molecule has 0 aromatic carbocycles. The summed E-state index contributed by atoms with van der Waals surface area (Å²) in [4.78, 5) is 0. The lowest BCUT2D eigenvalue weighted by Gasteiger charge is -2.02. The molecule has 0 aromatic heterocycles. The molecule has 2 heteroatoms. The van der Waals surface area contributed by atoms with Crippen molar-refractivity contribution in [2.24, 2.45) is 5.92 Å². The first-order valence-corrected chi connectivity index (χ1v) is 4.21. The number of rotatable bonds is 2. The minimum Gasteiger partial charge on any atom is -0.311 e. The van der Waals surface area contributed by atoms with E-state index in [0.717, 1.165) is 0 Å². The third-order valence-electron chi connectivity index (χ3n) is 1.83. The van der Waals surface area contributed by atoms with Crippen LogP contribution in [0.15, 0.2) is 12.2 Å². The highest BCUT2D eigenvalue weighted by Gasteiger charge is 2.09. The van der Waals surface area contributed by atoms with Crippen LogP contribution in [0.25, 0.3) is 0 Å². The Balaban J connectivity index is 0.000001000. The van der Waals surface area contributed by atoms with Gasteiger partial charge in [0.05, 0.1) is 0 Å². The summed E-state index contributed by atoms with van der Waals surface area (Å²) in [7, 11) is 0. The Labute approximate surface area is 75.7 Å². The van der Waals surface area contributed by atoms with Gasteiger partial charge in [-0.2, -0.15) is 0 Å². The predicted octanol–water partition coefficient (Wildman–Crippen LogP) is 2.37. The molecule has 1 atom stereocenters. The van der Waals surface area contributed by atoms with Gasteiger partial charge < -0.3 is 5.32 Å². The van der Waals surface area contributed by atoms with E-state index in [4.69, 9.17) is 0 Å². The maximum atomic E-state index is 3.43. The van der Waals surface area contributed by atoms with Gasteiger partial charge in [-0.15, -0.1) is 12.4 Å². The Bertz CT molecular complexity index is 115. The van der Waals surface area contributed by atoms with Gasteiger partial charge in [0, 0.05) is 6.04 Å². The molecule has 1 heterocycles. The van der Waals surface area contributed by atoms with E-state index in [2.05, 4.69) is 31.3 Å². The molecule has 1 N–H and O–H groups in total. The van der Waals surface area contributed by atoms with E-state index in [1.807, 2.05) is 0 Å². The molecule has 0 saturated carbocycles. The summed E-state index contributed by atoms with van der Waals surface area (Å²) in [5.74, 6) is 0.697. The van der Waals surface area contributed by atoms with Crippen molar-refractivity contribution in [3.8, 4) is 0 Å². The van der Waals surface area contributed by atoms with E-state index in [9.17, 15) is 0 Å². The van der Waals surface area contributed by atoms with Gasteiger partial charge in [-0.05, 0) is 25.3 Å². The van der Waals surface area contributed by atoms with Crippen molar-refractivity contribution in [3.05, 3.63) is 12.2 Å². The summed E-state index contributed by atoms with van der Waals surface area (Å²) in [5.41, 5.74) is 0. The highest BCUT2D eigenvalue weighted by atomic mass is 35.5. The normalized spacial score (nSPS) is 24.5. The van der Waals surface area contributed by atoms with Crippen molar-refractivity contribution in [3.63, 3.8) is 0 Å². The molecule has 1 saturated heterocycles. The highest BCUT2D eigenvalue weighted by molar-refractivity contribution is 5.85. The summed E-state index contributed by atoms with van der Waals surface area (Å²) in [6, 6.07) is 0.669. The first-order valence-electron chi connectivity index (χ1n) is 4.21. The van der Waals surface area contributed by atoms with E-state index in [1.165, 1.54) is 19.4 Å². The van der Waals surface area contributed by atoms with E-state index in [-0.39, 0.29) is 12.4 Å². The molecule has 1 nitrogen and oxygen atoms in total. The molecule has 1 aliphatic rings. The first kappa shape index (κ1) is 11.0. The smallest absolute Gasteiger partial charge is 0.0250 e. The van der Waals surface area contributed by atoms with E-state index in [1.54, 1.807) is 0 Å². The summed E-state index contributed by atoms with van der Waals surface area (Å²) < 4.78 is 0. The fourth-order valence-corrected chi connectivity index (χ4v) is 1.23. The zero-order valence-corrected chi connectivity index (χ0v) is 8.16. The average Bonchev–Trinajstić information content (AvgIpc) is 2.34. The molecular weight excluding hydrogens is 158 g/mol. The summed E-state index contributed by atoms with van der Waals surface area (Å²) in [6.07, 6.45) is 7.25. The van der Waals surface area contributed by atoms with Crippen LogP contribution < -0.4 is 5.32 Å². The van der Waals surface area contributed by atoms with E-state index >= 15 is 0 Å². The molecule has 1 rings (SSSR count). The quantitative estimate of drug-likeness (QED) is 0.636. The number of halogens is 1. The molecule has 0 aliphatic carbocycles. The summed E-state index contributed by atoms with van der Waals surface area (Å²) in [6.45, 7) is 5.63. The van der Waals surface area contributed by atoms with Crippen LogP contribution in [-0.2, 0) is 0 Å². The average molecular weight is 176 g/mol. The molecule has 0 spiro atoms. The second-order valence-corrected chi connectivity index (χ2v) is 3.33. The van der Waals surface area contributed by atoms with Crippen LogP contribution in [0.1, 0.15) is 26.7 Å². The van der Waals surface area contributed by atoms with Crippen molar-refractivity contribution < 1.29 is 0 Å². The third-order valence-corrected chi connectivity index (χ3v) is 1.83. The first-order chi connectivity index (χ1) is 4.79. The van der Waals surface area contributed by atoms with Crippen LogP contribution in [0.3, 0.4) is 0 Å². The van der Waals surface area contributed by atoms with Crippen LogP contribution >= 0.6 is 12.4 Å². The standard InChI is InChI=1S/C9H17N.ClH/c1-8(2)5-6-9-4-3-7-10-9;/h5-6,8-10H,3-4,7H2,1-2H3;1H/b6-5+;. The molecule has 66 valence electrons. The van der Waals surface area contributed by atoms with E-state index in [0.29, 0.717) is 12.0 Å². The molecular formula is C9H18ClN. The number of nitrogens with one attached hydrogen (secondary N) is 1. The Morgan fingerprint density at radius 1 is 1.45 bits per heavy atom. The molecule has 0 amide bonds. The molecule has 1 aliphatic heterocycles. The number of hydrogen-bond acceptors (Lipinski definition) is 1. The van der Waals surface area contributed by atoms with Gasteiger partial charge in [-0.25, -0.2) is 0 Å². The predicted molar refractivity (Wildman–Crippen MR) is 52.3 cm³/mol. The van der Waals surface area contributed by atoms with Gasteiger partial charge in [0.25, 0.3) is 0 Å². The van der Waals surface area contributed by atoms with Gasteiger partial charge in [0.2, 0.25) is 0 Å². The molecule has 11 heavy (non-hydrogen) atoms. The van der Waals surface area contributed by atoms with Gasteiger partial charge in [0.15, 0.2) is 0 Å². The molecule has 0 radical (unpaired) electrons. The van der Waals surface area contributed by atoms with Gasteiger partial charge in [-0.3, -0.25) is 0 Å². The third kappa shape index (κ3) is 4.44. The minimum atomic E-state index is 0. The lowest BCUT2D eigenvalue weighted by molar-refractivity contribution is 0.714. The lowest BCUT2D eigenvalue weighted by Crippen LogP contribution is -2.18. The van der Waals surface area contributed by atoms with Crippen molar-refractivity contribution in [2.75, 3.05) is 6.54 Å².